The van der Waals surface area contributed by atoms with E-state index in [0.717, 1.165) is 30.0 Å². The molecule has 0 fully saturated rings. The fraction of sp³-hybridized carbons (Fsp3) is 0.333. The van der Waals surface area contributed by atoms with Gasteiger partial charge in [0.2, 0.25) is 0 Å². The molecular formula is C21H27Cl2NO4. The second kappa shape index (κ2) is 12.4. The highest BCUT2D eigenvalue weighted by atomic mass is 35.5. The van der Waals surface area contributed by atoms with Crippen LogP contribution in [0.5, 0.6) is 23.0 Å². The highest BCUT2D eigenvalue weighted by Crippen LogP contribution is 2.36. The SMILES string of the molecule is C=CCOc1c(Cl)cc(CNCCc2ccc(OC)c(OC)c2)cc1OC.Cl. The van der Waals surface area contributed by atoms with Gasteiger partial charge in [0.15, 0.2) is 23.0 Å². The van der Waals surface area contributed by atoms with Crippen molar-refractivity contribution in [2.24, 2.45) is 0 Å². The summed E-state index contributed by atoms with van der Waals surface area (Å²) in [4.78, 5) is 0. The first-order valence-corrected chi connectivity index (χ1v) is 9.02. The fourth-order valence-corrected chi connectivity index (χ4v) is 2.95. The van der Waals surface area contributed by atoms with Crippen LogP contribution < -0.4 is 24.3 Å². The lowest BCUT2D eigenvalue weighted by Crippen LogP contribution is -2.17. The number of hydrogen-bond acceptors (Lipinski definition) is 5. The molecule has 1 N–H and O–H groups in total. The molecule has 7 heteroatoms. The van der Waals surface area contributed by atoms with Crippen molar-refractivity contribution in [2.75, 3.05) is 34.5 Å². The van der Waals surface area contributed by atoms with Crippen LogP contribution in [0.2, 0.25) is 5.02 Å². The van der Waals surface area contributed by atoms with E-state index in [0.29, 0.717) is 29.7 Å². The zero-order chi connectivity index (χ0) is 19.6. The van der Waals surface area contributed by atoms with Crippen LogP contribution in [0.15, 0.2) is 43.0 Å². The molecule has 0 aliphatic carbocycles. The second-order valence-electron chi connectivity index (χ2n) is 5.82. The van der Waals surface area contributed by atoms with Gasteiger partial charge in [-0.05, 0) is 48.4 Å². The Kier molecular flexibility index (Phi) is 10.6. The van der Waals surface area contributed by atoms with Crippen molar-refractivity contribution >= 4 is 24.0 Å². The van der Waals surface area contributed by atoms with E-state index in [1.165, 1.54) is 5.56 Å². The lowest BCUT2D eigenvalue weighted by atomic mass is 10.1. The third-order valence-electron chi connectivity index (χ3n) is 4.00. The summed E-state index contributed by atoms with van der Waals surface area (Å²) in [6.45, 7) is 5.50. The predicted octanol–water partition coefficient (Wildman–Crippen LogP) is 4.68. The summed E-state index contributed by atoms with van der Waals surface area (Å²) in [5.41, 5.74) is 2.19. The Hall–Kier alpha value is -2.08. The first-order chi connectivity index (χ1) is 13.1. The van der Waals surface area contributed by atoms with Crippen LogP contribution in [0.25, 0.3) is 0 Å². The van der Waals surface area contributed by atoms with Crippen molar-refractivity contribution in [1.82, 2.24) is 5.32 Å². The number of ether oxygens (including phenoxy) is 4. The lowest BCUT2D eigenvalue weighted by Gasteiger charge is -2.14. The van der Waals surface area contributed by atoms with Crippen molar-refractivity contribution in [2.45, 2.75) is 13.0 Å². The summed E-state index contributed by atoms with van der Waals surface area (Å²) in [6, 6.07) is 9.75. The van der Waals surface area contributed by atoms with E-state index in [4.69, 9.17) is 30.5 Å². The van der Waals surface area contributed by atoms with E-state index in [1.54, 1.807) is 27.4 Å². The summed E-state index contributed by atoms with van der Waals surface area (Å²) >= 11 is 6.33. The molecule has 28 heavy (non-hydrogen) atoms. The zero-order valence-corrected chi connectivity index (χ0v) is 18.0. The van der Waals surface area contributed by atoms with Crippen LogP contribution in [0, 0.1) is 0 Å². The highest BCUT2D eigenvalue weighted by molar-refractivity contribution is 6.32. The van der Waals surface area contributed by atoms with E-state index in [1.807, 2.05) is 30.3 Å². The summed E-state index contributed by atoms with van der Waals surface area (Å²) in [5.74, 6) is 2.62. The van der Waals surface area contributed by atoms with Crippen molar-refractivity contribution in [3.63, 3.8) is 0 Å². The van der Waals surface area contributed by atoms with E-state index < -0.39 is 0 Å². The molecule has 0 amide bonds. The van der Waals surface area contributed by atoms with Gasteiger partial charge in [-0.15, -0.1) is 12.4 Å². The topological polar surface area (TPSA) is 49.0 Å². The molecule has 0 atom stereocenters. The molecular weight excluding hydrogens is 401 g/mol. The molecule has 0 aliphatic heterocycles. The summed E-state index contributed by atoms with van der Waals surface area (Å²) < 4.78 is 21.6. The summed E-state index contributed by atoms with van der Waals surface area (Å²) in [7, 11) is 4.87. The first-order valence-electron chi connectivity index (χ1n) is 8.64. The Morgan fingerprint density at radius 1 is 0.964 bits per heavy atom. The molecule has 0 bridgehead atoms. The van der Waals surface area contributed by atoms with E-state index in [-0.39, 0.29) is 12.4 Å². The monoisotopic (exact) mass is 427 g/mol. The van der Waals surface area contributed by atoms with Gasteiger partial charge >= 0.3 is 0 Å². The van der Waals surface area contributed by atoms with Crippen LogP contribution in [-0.4, -0.2) is 34.5 Å². The summed E-state index contributed by atoms with van der Waals surface area (Å²) in [6.07, 6.45) is 2.53. The zero-order valence-electron chi connectivity index (χ0n) is 16.4. The van der Waals surface area contributed by atoms with Crippen LogP contribution in [-0.2, 0) is 13.0 Å². The van der Waals surface area contributed by atoms with Gasteiger partial charge in [0.05, 0.1) is 26.4 Å². The average molecular weight is 428 g/mol. The van der Waals surface area contributed by atoms with Crippen molar-refractivity contribution < 1.29 is 18.9 Å². The van der Waals surface area contributed by atoms with E-state index in [2.05, 4.69) is 11.9 Å². The second-order valence-corrected chi connectivity index (χ2v) is 6.23. The van der Waals surface area contributed by atoms with Gasteiger partial charge in [0, 0.05) is 6.54 Å². The molecule has 0 spiro atoms. The number of rotatable bonds is 11. The van der Waals surface area contributed by atoms with Gasteiger partial charge in [-0.1, -0.05) is 30.3 Å². The van der Waals surface area contributed by atoms with Crippen LogP contribution in [0.3, 0.4) is 0 Å². The molecule has 0 radical (unpaired) electrons. The number of benzene rings is 2. The standard InChI is InChI=1S/C21H26ClNO4.ClH/c1-5-10-27-21-17(22)11-16(13-20(21)26-4)14-23-9-8-15-6-7-18(24-2)19(12-15)25-3;/h5-7,11-13,23H,1,8-10,14H2,2-4H3;1H. The average Bonchev–Trinajstić information content (AvgIpc) is 2.69. The van der Waals surface area contributed by atoms with Crippen LogP contribution in [0.1, 0.15) is 11.1 Å². The lowest BCUT2D eigenvalue weighted by molar-refractivity contribution is 0.326. The van der Waals surface area contributed by atoms with Gasteiger partial charge in [-0.25, -0.2) is 0 Å². The van der Waals surface area contributed by atoms with Crippen molar-refractivity contribution in [1.29, 1.82) is 0 Å². The molecule has 2 aromatic carbocycles. The largest absolute Gasteiger partial charge is 0.493 e. The molecule has 2 aromatic rings. The van der Waals surface area contributed by atoms with E-state index >= 15 is 0 Å². The van der Waals surface area contributed by atoms with Gasteiger partial charge in [0.25, 0.3) is 0 Å². The molecule has 0 aromatic heterocycles. The maximum Gasteiger partial charge on any atom is 0.180 e. The number of nitrogens with one attached hydrogen (secondary N) is 1. The van der Waals surface area contributed by atoms with E-state index in [9.17, 15) is 0 Å². The molecule has 2 rings (SSSR count). The van der Waals surface area contributed by atoms with Gasteiger partial charge in [-0.2, -0.15) is 0 Å². The smallest absolute Gasteiger partial charge is 0.180 e. The summed E-state index contributed by atoms with van der Waals surface area (Å²) in [5, 5.41) is 3.94. The van der Waals surface area contributed by atoms with Crippen molar-refractivity contribution in [3.05, 3.63) is 59.1 Å². The van der Waals surface area contributed by atoms with Gasteiger partial charge < -0.3 is 24.3 Å². The van der Waals surface area contributed by atoms with Crippen LogP contribution >= 0.6 is 24.0 Å². The Morgan fingerprint density at radius 3 is 2.29 bits per heavy atom. The molecule has 0 saturated heterocycles. The minimum absolute atomic E-state index is 0. The maximum atomic E-state index is 6.33. The molecule has 0 unspecified atom stereocenters. The highest BCUT2D eigenvalue weighted by Gasteiger charge is 2.11. The Labute approximate surface area is 178 Å². The quantitative estimate of drug-likeness (QED) is 0.416. The number of hydrogen-bond donors (Lipinski definition) is 1. The Balaban J connectivity index is 0.00000392. The number of halogens is 2. The fourth-order valence-electron chi connectivity index (χ4n) is 2.66. The minimum atomic E-state index is 0. The molecule has 0 aliphatic rings. The first kappa shape index (κ1) is 24.0. The third-order valence-corrected chi connectivity index (χ3v) is 4.28. The maximum absolute atomic E-state index is 6.33. The molecule has 154 valence electrons. The molecule has 0 heterocycles. The van der Waals surface area contributed by atoms with Crippen LogP contribution in [0.4, 0.5) is 0 Å². The van der Waals surface area contributed by atoms with Crippen molar-refractivity contribution in [3.8, 4) is 23.0 Å². The Bertz CT molecular complexity index is 768. The van der Waals surface area contributed by atoms with Gasteiger partial charge in [-0.3, -0.25) is 0 Å². The third kappa shape index (κ3) is 6.51. The Morgan fingerprint density at radius 2 is 1.64 bits per heavy atom. The molecule has 5 nitrogen and oxygen atoms in total. The minimum Gasteiger partial charge on any atom is -0.493 e. The number of methoxy groups -OCH3 is 3. The normalized spacial score (nSPS) is 10.0. The van der Waals surface area contributed by atoms with Gasteiger partial charge in [0.1, 0.15) is 6.61 Å². The molecule has 0 saturated carbocycles. The predicted molar refractivity (Wildman–Crippen MR) is 116 cm³/mol.